The third-order valence-electron chi connectivity index (χ3n) is 4.21. The molecule has 6 heteroatoms. The van der Waals surface area contributed by atoms with Gasteiger partial charge < -0.3 is 4.90 Å². The Morgan fingerprint density at radius 2 is 2.13 bits per heavy atom. The molecule has 2 aromatic heterocycles. The van der Waals surface area contributed by atoms with Crippen LogP contribution in [-0.2, 0) is 11.3 Å². The maximum atomic E-state index is 12.6. The number of amides is 1. The molecule has 1 amide bonds. The van der Waals surface area contributed by atoms with Crippen molar-refractivity contribution in [2.45, 2.75) is 43.2 Å². The van der Waals surface area contributed by atoms with Crippen LogP contribution in [0.2, 0.25) is 0 Å². The van der Waals surface area contributed by atoms with Crippen molar-refractivity contribution in [3.05, 3.63) is 43.0 Å². The van der Waals surface area contributed by atoms with E-state index in [2.05, 4.69) is 15.0 Å². The van der Waals surface area contributed by atoms with Crippen molar-refractivity contribution in [3.63, 3.8) is 0 Å². The maximum absolute atomic E-state index is 12.6. The topological polar surface area (TPSA) is 51.0 Å². The Labute approximate surface area is 141 Å². The highest BCUT2D eigenvalue weighted by Gasteiger charge is 2.26. The molecule has 1 saturated heterocycles. The number of aryl methyl sites for hydroxylation is 1. The minimum absolute atomic E-state index is 0.247. The standard InChI is InChI=1S/C17H22N4OS/c22-17(14-23-16-5-9-18-10-6-16)21-12-2-1-4-15(21)7-13-20-11-3-8-19-20/h3,5-6,8-11,15H,1-2,4,7,12-14H2/t15-/m0/s1. The zero-order chi connectivity index (χ0) is 15.9. The van der Waals surface area contributed by atoms with Crippen molar-refractivity contribution >= 4 is 17.7 Å². The number of piperidine rings is 1. The molecule has 0 unspecified atom stereocenters. The molecular weight excluding hydrogens is 308 g/mol. The van der Waals surface area contributed by atoms with Crippen molar-refractivity contribution in [1.82, 2.24) is 19.7 Å². The quantitative estimate of drug-likeness (QED) is 0.764. The minimum atomic E-state index is 0.247. The van der Waals surface area contributed by atoms with E-state index < -0.39 is 0 Å². The number of aromatic nitrogens is 3. The van der Waals surface area contributed by atoms with Crippen LogP contribution in [0.5, 0.6) is 0 Å². The molecule has 1 fully saturated rings. The van der Waals surface area contributed by atoms with Gasteiger partial charge in [0, 0.05) is 48.8 Å². The zero-order valence-electron chi connectivity index (χ0n) is 13.2. The summed E-state index contributed by atoms with van der Waals surface area (Å²) in [6.07, 6.45) is 11.7. The second-order valence-corrected chi connectivity index (χ2v) is 6.81. The molecule has 3 rings (SSSR count). The largest absolute Gasteiger partial charge is 0.339 e. The molecule has 1 aliphatic rings. The molecule has 1 aliphatic heterocycles. The van der Waals surface area contributed by atoms with Gasteiger partial charge in [0.25, 0.3) is 0 Å². The summed E-state index contributed by atoms with van der Waals surface area (Å²) in [7, 11) is 0. The van der Waals surface area contributed by atoms with E-state index in [-0.39, 0.29) is 5.91 Å². The third-order valence-corrected chi connectivity index (χ3v) is 5.21. The van der Waals surface area contributed by atoms with E-state index in [0.717, 1.165) is 37.2 Å². The highest BCUT2D eigenvalue weighted by Crippen LogP contribution is 2.23. The predicted octanol–water partition coefficient (Wildman–Crippen LogP) is 2.84. The van der Waals surface area contributed by atoms with E-state index in [9.17, 15) is 4.79 Å². The summed E-state index contributed by atoms with van der Waals surface area (Å²) in [5.41, 5.74) is 0. The van der Waals surface area contributed by atoms with Gasteiger partial charge in [0.2, 0.25) is 5.91 Å². The SMILES string of the molecule is O=C(CSc1ccncc1)N1CCCC[C@H]1CCn1cccn1. The molecule has 0 saturated carbocycles. The maximum Gasteiger partial charge on any atom is 0.233 e. The van der Waals surface area contributed by atoms with Gasteiger partial charge in [0.15, 0.2) is 0 Å². The summed E-state index contributed by atoms with van der Waals surface area (Å²) in [4.78, 5) is 19.8. The molecule has 0 spiro atoms. The Balaban J connectivity index is 1.53. The van der Waals surface area contributed by atoms with Crippen molar-refractivity contribution in [2.24, 2.45) is 0 Å². The van der Waals surface area contributed by atoms with Crippen molar-refractivity contribution in [2.75, 3.05) is 12.3 Å². The number of carbonyl (C=O) groups excluding carboxylic acids is 1. The molecule has 0 N–H and O–H groups in total. The van der Waals surface area contributed by atoms with E-state index >= 15 is 0 Å². The summed E-state index contributed by atoms with van der Waals surface area (Å²) in [5.74, 6) is 0.749. The summed E-state index contributed by atoms with van der Waals surface area (Å²) < 4.78 is 1.95. The van der Waals surface area contributed by atoms with Crippen LogP contribution in [0.1, 0.15) is 25.7 Å². The van der Waals surface area contributed by atoms with Crippen LogP contribution in [0, 0.1) is 0 Å². The van der Waals surface area contributed by atoms with Gasteiger partial charge in [-0.05, 0) is 43.9 Å². The van der Waals surface area contributed by atoms with Gasteiger partial charge in [0.1, 0.15) is 0 Å². The van der Waals surface area contributed by atoms with Crippen LogP contribution >= 0.6 is 11.8 Å². The van der Waals surface area contributed by atoms with Crippen LogP contribution in [0.25, 0.3) is 0 Å². The van der Waals surface area contributed by atoms with E-state index in [1.807, 2.05) is 29.1 Å². The first-order chi connectivity index (χ1) is 11.3. The average Bonchev–Trinajstić information content (AvgIpc) is 3.12. The fourth-order valence-corrected chi connectivity index (χ4v) is 3.78. The molecule has 0 bridgehead atoms. The second-order valence-electron chi connectivity index (χ2n) is 5.77. The van der Waals surface area contributed by atoms with E-state index in [0.29, 0.717) is 11.8 Å². The molecule has 5 nitrogen and oxygen atoms in total. The summed E-state index contributed by atoms with van der Waals surface area (Å²) in [6.45, 7) is 1.76. The smallest absolute Gasteiger partial charge is 0.233 e. The highest BCUT2D eigenvalue weighted by atomic mass is 32.2. The van der Waals surface area contributed by atoms with Gasteiger partial charge in [-0.1, -0.05) is 0 Å². The molecule has 122 valence electrons. The summed E-state index contributed by atoms with van der Waals surface area (Å²) in [6, 6.07) is 6.18. The number of hydrogen-bond acceptors (Lipinski definition) is 4. The van der Waals surface area contributed by atoms with Gasteiger partial charge in [-0.2, -0.15) is 5.10 Å². The normalized spacial score (nSPS) is 18.1. The molecule has 0 aromatic carbocycles. The fraction of sp³-hybridized carbons (Fsp3) is 0.471. The van der Waals surface area contributed by atoms with Gasteiger partial charge in [-0.3, -0.25) is 14.5 Å². The molecule has 2 aromatic rings. The lowest BCUT2D eigenvalue weighted by Crippen LogP contribution is -2.45. The van der Waals surface area contributed by atoms with E-state index in [1.54, 1.807) is 30.4 Å². The number of hydrogen-bond donors (Lipinski definition) is 0. The predicted molar refractivity (Wildman–Crippen MR) is 91.2 cm³/mol. The summed E-state index contributed by atoms with van der Waals surface area (Å²) >= 11 is 1.59. The molecule has 1 atom stereocenters. The van der Waals surface area contributed by atoms with Gasteiger partial charge >= 0.3 is 0 Å². The van der Waals surface area contributed by atoms with Crippen LogP contribution < -0.4 is 0 Å². The van der Waals surface area contributed by atoms with Crippen molar-refractivity contribution in [1.29, 1.82) is 0 Å². The Kier molecular flexibility index (Phi) is 5.69. The Morgan fingerprint density at radius 3 is 2.91 bits per heavy atom. The second kappa shape index (κ2) is 8.15. The molecule has 0 radical (unpaired) electrons. The lowest BCUT2D eigenvalue weighted by atomic mass is 9.99. The van der Waals surface area contributed by atoms with E-state index in [1.165, 1.54) is 6.42 Å². The zero-order valence-corrected chi connectivity index (χ0v) is 14.0. The molecule has 3 heterocycles. The molecule has 23 heavy (non-hydrogen) atoms. The van der Waals surface area contributed by atoms with Gasteiger partial charge in [-0.25, -0.2) is 0 Å². The highest BCUT2D eigenvalue weighted by molar-refractivity contribution is 8.00. The van der Waals surface area contributed by atoms with Gasteiger partial charge in [-0.15, -0.1) is 11.8 Å². The van der Waals surface area contributed by atoms with Crippen molar-refractivity contribution < 1.29 is 4.79 Å². The Morgan fingerprint density at radius 1 is 1.26 bits per heavy atom. The number of thioether (sulfide) groups is 1. The Bertz CT molecular complexity index is 602. The first-order valence-corrected chi connectivity index (χ1v) is 9.11. The fourth-order valence-electron chi connectivity index (χ4n) is 3.01. The monoisotopic (exact) mass is 330 g/mol. The number of pyridine rings is 1. The van der Waals surface area contributed by atoms with Gasteiger partial charge in [0.05, 0.1) is 5.75 Å². The number of nitrogens with zero attached hydrogens (tertiary/aromatic N) is 4. The van der Waals surface area contributed by atoms with Crippen LogP contribution in [-0.4, -0.2) is 43.9 Å². The van der Waals surface area contributed by atoms with Crippen LogP contribution in [0.4, 0.5) is 0 Å². The first-order valence-electron chi connectivity index (χ1n) is 8.12. The lowest BCUT2D eigenvalue weighted by Gasteiger charge is -2.36. The minimum Gasteiger partial charge on any atom is -0.339 e. The van der Waals surface area contributed by atoms with E-state index in [4.69, 9.17) is 0 Å². The number of likely N-dealkylation sites (tertiary alicyclic amines) is 1. The number of carbonyl (C=O) groups is 1. The molecular formula is C17H22N4OS. The van der Waals surface area contributed by atoms with Crippen LogP contribution in [0.3, 0.4) is 0 Å². The summed E-state index contributed by atoms with van der Waals surface area (Å²) in [5, 5.41) is 4.25. The lowest BCUT2D eigenvalue weighted by molar-refractivity contribution is -0.132. The third kappa shape index (κ3) is 4.58. The Hall–Kier alpha value is -1.82. The van der Waals surface area contributed by atoms with Crippen LogP contribution in [0.15, 0.2) is 47.9 Å². The van der Waals surface area contributed by atoms with Crippen molar-refractivity contribution in [3.8, 4) is 0 Å². The first kappa shape index (κ1) is 16.1. The average molecular weight is 330 g/mol. The molecule has 0 aliphatic carbocycles. The number of rotatable bonds is 6.